The summed E-state index contributed by atoms with van der Waals surface area (Å²) in [7, 11) is 0. The van der Waals surface area contributed by atoms with Crippen LogP contribution in [0, 0.1) is 5.82 Å². The molecular formula is C22H24FN3O. The van der Waals surface area contributed by atoms with Crippen molar-refractivity contribution in [2.24, 2.45) is 0 Å². The lowest BCUT2D eigenvalue weighted by Crippen LogP contribution is -2.32. The number of hydrogen-bond donors (Lipinski definition) is 0. The molecule has 1 aliphatic rings. The number of anilines is 1. The van der Waals surface area contributed by atoms with Gasteiger partial charge in [-0.3, -0.25) is 0 Å². The summed E-state index contributed by atoms with van der Waals surface area (Å²) in [5.41, 5.74) is 4.14. The zero-order valence-electron chi connectivity index (χ0n) is 15.9. The molecule has 0 unspecified atom stereocenters. The van der Waals surface area contributed by atoms with Crippen LogP contribution in [0.5, 0.6) is 0 Å². The number of aromatic nitrogens is 2. The van der Waals surface area contributed by atoms with E-state index in [4.69, 9.17) is 9.84 Å². The molecule has 0 saturated carbocycles. The van der Waals surface area contributed by atoms with Crippen molar-refractivity contribution in [2.75, 3.05) is 11.6 Å². The van der Waals surface area contributed by atoms with Gasteiger partial charge in [0.1, 0.15) is 18.4 Å². The zero-order valence-corrected chi connectivity index (χ0v) is 15.9. The Morgan fingerprint density at radius 2 is 1.74 bits per heavy atom. The van der Waals surface area contributed by atoms with Crippen molar-refractivity contribution in [1.82, 2.24) is 9.78 Å². The summed E-state index contributed by atoms with van der Waals surface area (Å²) < 4.78 is 21.2. The van der Waals surface area contributed by atoms with Gasteiger partial charge in [-0.1, -0.05) is 51.1 Å². The van der Waals surface area contributed by atoms with E-state index in [1.807, 2.05) is 35.0 Å². The van der Waals surface area contributed by atoms with Crippen molar-refractivity contribution < 1.29 is 9.13 Å². The van der Waals surface area contributed by atoms with Gasteiger partial charge in [0, 0.05) is 17.5 Å². The minimum atomic E-state index is -0.223. The standard InChI is InChI=1S/C22H24FN3O/c1-22(2,3)20-19-14-27-15-25(13-16-9-11-17(23)12-10-16)21(19)26(24-20)18-7-5-4-6-8-18/h4-12H,13-15H2,1-3H3. The highest BCUT2D eigenvalue weighted by atomic mass is 19.1. The molecule has 0 aliphatic carbocycles. The Kier molecular flexibility index (Phi) is 4.48. The second kappa shape index (κ2) is 6.82. The molecule has 0 bridgehead atoms. The minimum absolute atomic E-state index is 0.0909. The molecule has 3 aromatic rings. The van der Waals surface area contributed by atoms with E-state index >= 15 is 0 Å². The SMILES string of the molecule is CC(C)(C)c1nn(-c2ccccc2)c2c1COCN2Cc1ccc(F)cc1. The molecule has 2 aromatic carbocycles. The van der Waals surface area contributed by atoms with Gasteiger partial charge >= 0.3 is 0 Å². The maximum Gasteiger partial charge on any atom is 0.140 e. The van der Waals surface area contributed by atoms with Crippen molar-refractivity contribution in [3.63, 3.8) is 0 Å². The van der Waals surface area contributed by atoms with E-state index in [1.165, 1.54) is 12.1 Å². The molecule has 140 valence electrons. The molecule has 5 heteroatoms. The van der Waals surface area contributed by atoms with E-state index < -0.39 is 0 Å². The first-order valence-electron chi connectivity index (χ1n) is 9.18. The predicted molar refractivity (Wildman–Crippen MR) is 105 cm³/mol. The molecule has 1 aromatic heterocycles. The third kappa shape index (κ3) is 3.47. The van der Waals surface area contributed by atoms with Crippen molar-refractivity contribution in [2.45, 2.75) is 39.3 Å². The van der Waals surface area contributed by atoms with Crippen molar-refractivity contribution in [1.29, 1.82) is 0 Å². The van der Waals surface area contributed by atoms with E-state index in [-0.39, 0.29) is 11.2 Å². The zero-order chi connectivity index (χ0) is 19.0. The average Bonchev–Trinajstić information content (AvgIpc) is 3.05. The largest absolute Gasteiger partial charge is 0.356 e. The second-order valence-electron chi connectivity index (χ2n) is 7.95. The van der Waals surface area contributed by atoms with Crippen molar-refractivity contribution >= 4 is 5.82 Å². The summed E-state index contributed by atoms with van der Waals surface area (Å²) in [4.78, 5) is 2.17. The highest BCUT2D eigenvalue weighted by molar-refractivity contribution is 5.57. The maximum atomic E-state index is 13.3. The maximum absolute atomic E-state index is 13.3. The van der Waals surface area contributed by atoms with Crippen LogP contribution in [-0.4, -0.2) is 16.5 Å². The number of benzene rings is 2. The van der Waals surface area contributed by atoms with Gasteiger partial charge in [0.05, 0.1) is 18.0 Å². The van der Waals surface area contributed by atoms with Crippen LogP contribution >= 0.6 is 0 Å². The third-order valence-electron chi connectivity index (χ3n) is 4.75. The van der Waals surface area contributed by atoms with Crippen LogP contribution in [0.1, 0.15) is 37.6 Å². The normalized spacial score (nSPS) is 14.3. The predicted octanol–water partition coefficient (Wildman–Crippen LogP) is 4.80. The first-order valence-corrected chi connectivity index (χ1v) is 9.18. The third-order valence-corrected chi connectivity index (χ3v) is 4.75. The fourth-order valence-corrected chi connectivity index (χ4v) is 3.50. The number of ether oxygens (including phenoxy) is 1. The molecule has 4 nitrogen and oxygen atoms in total. The Morgan fingerprint density at radius 1 is 1.04 bits per heavy atom. The molecule has 1 aliphatic heterocycles. The summed E-state index contributed by atoms with van der Waals surface area (Å²) >= 11 is 0. The lowest BCUT2D eigenvalue weighted by atomic mass is 9.89. The van der Waals surface area contributed by atoms with Crippen LogP contribution in [0.25, 0.3) is 5.69 Å². The topological polar surface area (TPSA) is 30.3 Å². The molecule has 27 heavy (non-hydrogen) atoms. The number of rotatable bonds is 3. The smallest absolute Gasteiger partial charge is 0.140 e. The van der Waals surface area contributed by atoms with E-state index in [0.717, 1.165) is 28.3 Å². The summed E-state index contributed by atoms with van der Waals surface area (Å²) in [5, 5.41) is 4.97. The van der Waals surface area contributed by atoms with Crippen molar-refractivity contribution in [3.8, 4) is 5.69 Å². The van der Waals surface area contributed by atoms with Crippen LogP contribution < -0.4 is 4.90 Å². The number of hydrogen-bond acceptors (Lipinski definition) is 3. The fourth-order valence-electron chi connectivity index (χ4n) is 3.50. The molecule has 4 rings (SSSR count). The Hall–Kier alpha value is -2.66. The first kappa shape index (κ1) is 17.7. The molecule has 0 amide bonds. The molecule has 0 radical (unpaired) electrons. The summed E-state index contributed by atoms with van der Waals surface area (Å²) in [5.74, 6) is 0.834. The highest BCUT2D eigenvalue weighted by Gasteiger charge is 2.32. The molecule has 0 atom stereocenters. The van der Waals surface area contributed by atoms with E-state index in [2.05, 4.69) is 37.8 Å². The van der Waals surface area contributed by atoms with Gasteiger partial charge in [-0.15, -0.1) is 0 Å². The lowest BCUT2D eigenvalue weighted by Gasteiger charge is -2.31. The van der Waals surface area contributed by atoms with Crippen LogP contribution in [-0.2, 0) is 23.3 Å². The first-order chi connectivity index (χ1) is 12.9. The quantitative estimate of drug-likeness (QED) is 0.668. The van der Waals surface area contributed by atoms with Crippen LogP contribution in [0.4, 0.5) is 10.2 Å². The van der Waals surface area contributed by atoms with Gasteiger partial charge in [0.2, 0.25) is 0 Å². The Labute approximate surface area is 159 Å². The van der Waals surface area contributed by atoms with Gasteiger partial charge in [0.15, 0.2) is 0 Å². The molecule has 0 saturated heterocycles. The number of nitrogens with zero attached hydrogens (tertiary/aromatic N) is 3. The molecular weight excluding hydrogens is 341 g/mol. The van der Waals surface area contributed by atoms with Crippen molar-refractivity contribution in [3.05, 3.63) is 77.2 Å². The summed E-state index contributed by atoms with van der Waals surface area (Å²) in [6, 6.07) is 16.8. The van der Waals surface area contributed by atoms with Gasteiger partial charge in [-0.05, 0) is 29.8 Å². The Balaban J connectivity index is 1.82. The Bertz CT molecular complexity index is 927. The van der Waals surface area contributed by atoms with Crippen LogP contribution in [0.15, 0.2) is 54.6 Å². The van der Waals surface area contributed by atoms with Gasteiger partial charge in [-0.2, -0.15) is 5.10 Å². The van der Waals surface area contributed by atoms with Gasteiger partial charge in [-0.25, -0.2) is 9.07 Å². The lowest BCUT2D eigenvalue weighted by molar-refractivity contribution is 0.107. The van der Waals surface area contributed by atoms with Crippen LogP contribution in [0.3, 0.4) is 0 Å². The monoisotopic (exact) mass is 365 g/mol. The fraction of sp³-hybridized carbons (Fsp3) is 0.318. The molecule has 2 heterocycles. The molecule has 0 N–H and O–H groups in total. The van der Waals surface area contributed by atoms with Crippen LogP contribution in [0.2, 0.25) is 0 Å². The van der Waals surface area contributed by atoms with E-state index in [9.17, 15) is 4.39 Å². The van der Waals surface area contributed by atoms with Gasteiger partial charge in [0.25, 0.3) is 0 Å². The average molecular weight is 365 g/mol. The Morgan fingerprint density at radius 3 is 2.41 bits per heavy atom. The van der Waals surface area contributed by atoms with E-state index in [1.54, 1.807) is 0 Å². The number of halogens is 1. The summed E-state index contributed by atoms with van der Waals surface area (Å²) in [6.07, 6.45) is 0. The number of para-hydroxylation sites is 1. The number of fused-ring (bicyclic) bond motifs is 1. The highest BCUT2D eigenvalue weighted by Crippen LogP contribution is 2.37. The van der Waals surface area contributed by atoms with E-state index in [0.29, 0.717) is 19.9 Å². The molecule has 0 spiro atoms. The second-order valence-corrected chi connectivity index (χ2v) is 7.95. The summed E-state index contributed by atoms with van der Waals surface area (Å²) in [6.45, 7) is 8.17. The minimum Gasteiger partial charge on any atom is -0.356 e. The van der Waals surface area contributed by atoms with Gasteiger partial charge < -0.3 is 9.64 Å². The molecule has 0 fully saturated rings.